The minimum atomic E-state index is -0.996. The average Bonchev–Trinajstić information content (AvgIpc) is 3.07. The SMILES string of the molecule is FC1(CC[C@@H]2c3ccccc3-c3cncn32)CCNCC1. The van der Waals surface area contributed by atoms with Crippen molar-refractivity contribution in [2.24, 2.45) is 0 Å². The quantitative estimate of drug-likeness (QED) is 0.937. The number of halogens is 1. The van der Waals surface area contributed by atoms with Crippen LogP contribution >= 0.6 is 0 Å². The number of aromatic nitrogens is 2. The Bertz CT molecular complexity index is 643. The lowest BCUT2D eigenvalue weighted by Gasteiger charge is -2.31. The maximum Gasteiger partial charge on any atom is 0.113 e. The zero-order valence-corrected chi connectivity index (χ0v) is 12.1. The molecule has 0 saturated carbocycles. The molecule has 21 heavy (non-hydrogen) atoms. The molecule has 0 aliphatic carbocycles. The number of hydrogen-bond acceptors (Lipinski definition) is 2. The van der Waals surface area contributed by atoms with Crippen LogP contribution in [0, 0.1) is 0 Å². The summed E-state index contributed by atoms with van der Waals surface area (Å²) in [6, 6.07) is 8.67. The Morgan fingerprint density at radius 1 is 1.29 bits per heavy atom. The van der Waals surface area contributed by atoms with Gasteiger partial charge in [0, 0.05) is 5.56 Å². The number of piperidine rings is 1. The smallest absolute Gasteiger partial charge is 0.113 e. The van der Waals surface area contributed by atoms with Crippen LogP contribution in [0.3, 0.4) is 0 Å². The Kier molecular flexibility index (Phi) is 3.07. The van der Waals surface area contributed by atoms with Crippen LogP contribution in [0.15, 0.2) is 36.8 Å². The van der Waals surface area contributed by atoms with Gasteiger partial charge in [0.2, 0.25) is 0 Å². The minimum Gasteiger partial charge on any atom is -0.323 e. The van der Waals surface area contributed by atoms with Crippen molar-refractivity contribution in [1.29, 1.82) is 0 Å². The molecule has 1 aromatic heterocycles. The van der Waals surface area contributed by atoms with Crippen LogP contribution in [0.2, 0.25) is 0 Å². The van der Waals surface area contributed by atoms with Crippen LogP contribution in [0.1, 0.15) is 37.3 Å². The zero-order valence-electron chi connectivity index (χ0n) is 12.1. The number of nitrogens with one attached hydrogen (secondary N) is 1. The summed E-state index contributed by atoms with van der Waals surface area (Å²) >= 11 is 0. The van der Waals surface area contributed by atoms with Gasteiger partial charge in [-0.05, 0) is 44.3 Å². The van der Waals surface area contributed by atoms with Crippen molar-refractivity contribution in [3.05, 3.63) is 42.4 Å². The van der Waals surface area contributed by atoms with E-state index in [-0.39, 0.29) is 6.04 Å². The fraction of sp³-hybridized carbons (Fsp3) is 0.471. The third kappa shape index (κ3) is 2.18. The van der Waals surface area contributed by atoms with E-state index in [1.54, 1.807) is 0 Å². The van der Waals surface area contributed by atoms with Gasteiger partial charge in [-0.25, -0.2) is 9.37 Å². The molecule has 4 rings (SSSR count). The number of fused-ring (bicyclic) bond motifs is 3. The summed E-state index contributed by atoms with van der Waals surface area (Å²) in [7, 11) is 0. The van der Waals surface area contributed by atoms with Crippen molar-refractivity contribution in [2.75, 3.05) is 13.1 Å². The first-order chi connectivity index (χ1) is 10.3. The van der Waals surface area contributed by atoms with E-state index in [4.69, 9.17) is 0 Å². The molecule has 0 amide bonds. The van der Waals surface area contributed by atoms with Crippen molar-refractivity contribution in [1.82, 2.24) is 14.9 Å². The maximum atomic E-state index is 14.8. The molecule has 1 fully saturated rings. The topological polar surface area (TPSA) is 29.9 Å². The largest absolute Gasteiger partial charge is 0.323 e. The second kappa shape index (κ2) is 4.95. The molecule has 3 heterocycles. The number of rotatable bonds is 3. The Morgan fingerprint density at radius 2 is 2.10 bits per heavy atom. The van der Waals surface area contributed by atoms with E-state index in [9.17, 15) is 4.39 Å². The molecule has 110 valence electrons. The van der Waals surface area contributed by atoms with Gasteiger partial charge in [-0.15, -0.1) is 0 Å². The molecule has 2 aliphatic rings. The van der Waals surface area contributed by atoms with Crippen LogP contribution in [0.4, 0.5) is 4.39 Å². The number of imidazole rings is 1. The fourth-order valence-corrected chi connectivity index (χ4v) is 3.75. The van der Waals surface area contributed by atoms with Gasteiger partial charge in [-0.3, -0.25) is 0 Å². The highest BCUT2D eigenvalue weighted by atomic mass is 19.1. The molecule has 0 bridgehead atoms. The summed E-state index contributed by atoms with van der Waals surface area (Å²) in [4.78, 5) is 4.26. The number of alkyl halides is 1. The Morgan fingerprint density at radius 3 is 2.95 bits per heavy atom. The summed E-state index contributed by atoms with van der Waals surface area (Å²) in [5, 5.41) is 3.24. The normalized spacial score (nSPS) is 22.8. The van der Waals surface area contributed by atoms with E-state index in [0.29, 0.717) is 19.3 Å². The highest BCUT2D eigenvalue weighted by Crippen LogP contribution is 2.43. The Hall–Kier alpha value is -1.68. The van der Waals surface area contributed by atoms with Crippen molar-refractivity contribution in [3.63, 3.8) is 0 Å². The molecule has 2 aliphatic heterocycles. The maximum absolute atomic E-state index is 14.8. The molecule has 2 aromatic rings. The molecule has 0 radical (unpaired) electrons. The monoisotopic (exact) mass is 285 g/mol. The van der Waals surface area contributed by atoms with E-state index in [0.717, 1.165) is 25.2 Å². The van der Waals surface area contributed by atoms with Gasteiger partial charge in [0.05, 0.1) is 24.3 Å². The molecule has 1 saturated heterocycles. The van der Waals surface area contributed by atoms with Gasteiger partial charge >= 0.3 is 0 Å². The molecule has 3 nitrogen and oxygen atoms in total. The van der Waals surface area contributed by atoms with Gasteiger partial charge in [0.1, 0.15) is 5.67 Å². The highest BCUT2D eigenvalue weighted by Gasteiger charge is 2.35. The highest BCUT2D eigenvalue weighted by molar-refractivity contribution is 5.68. The molecule has 0 unspecified atom stereocenters. The van der Waals surface area contributed by atoms with Gasteiger partial charge in [-0.1, -0.05) is 24.3 Å². The summed E-state index contributed by atoms with van der Waals surface area (Å²) in [5.41, 5.74) is 2.73. The lowest BCUT2D eigenvalue weighted by molar-refractivity contribution is 0.0985. The first-order valence-electron chi connectivity index (χ1n) is 7.78. The van der Waals surface area contributed by atoms with Gasteiger partial charge in [0.15, 0.2) is 0 Å². The van der Waals surface area contributed by atoms with Gasteiger partial charge < -0.3 is 9.88 Å². The molecule has 0 spiro atoms. The van der Waals surface area contributed by atoms with Crippen LogP contribution in [0.5, 0.6) is 0 Å². The Labute approximate surface area is 124 Å². The van der Waals surface area contributed by atoms with E-state index in [1.165, 1.54) is 11.1 Å². The number of hydrogen-bond donors (Lipinski definition) is 1. The first kappa shape index (κ1) is 13.0. The van der Waals surface area contributed by atoms with Crippen molar-refractivity contribution in [3.8, 4) is 11.3 Å². The number of benzene rings is 1. The van der Waals surface area contributed by atoms with Crippen molar-refractivity contribution >= 4 is 0 Å². The van der Waals surface area contributed by atoms with Gasteiger partial charge in [0.25, 0.3) is 0 Å². The van der Waals surface area contributed by atoms with Crippen molar-refractivity contribution in [2.45, 2.75) is 37.4 Å². The molecule has 4 heteroatoms. The molecular formula is C17H20FN3. The van der Waals surface area contributed by atoms with E-state index >= 15 is 0 Å². The van der Waals surface area contributed by atoms with Crippen molar-refractivity contribution < 1.29 is 4.39 Å². The minimum absolute atomic E-state index is 0.237. The lowest BCUT2D eigenvalue weighted by Crippen LogP contribution is -2.38. The summed E-state index contributed by atoms with van der Waals surface area (Å²) in [6.07, 6.45) is 6.54. The van der Waals surface area contributed by atoms with E-state index in [2.05, 4.69) is 39.1 Å². The summed E-state index contributed by atoms with van der Waals surface area (Å²) < 4.78 is 17.0. The first-order valence-corrected chi connectivity index (χ1v) is 7.78. The third-order valence-corrected chi connectivity index (χ3v) is 4.96. The average molecular weight is 285 g/mol. The predicted molar refractivity (Wildman–Crippen MR) is 81.0 cm³/mol. The molecule has 1 N–H and O–H groups in total. The van der Waals surface area contributed by atoms with E-state index in [1.807, 2.05) is 12.5 Å². The van der Waals surface area contributed by atoms with Crippen LogP contribution in [-0.2, 0) is 0 Å². The second-order valence-electron chi connectivity index (χ2n) is 6.23. The van der Waals surface area contributed by atoms with E-state index < -0.39 is 5.67 Å². The number of nitrogens with zero attached hydrogens (tertiary/aromatic N) is 2. The Balaban J connectivity index is 1.58. The fourth-order valence-electron chi connectivity index (χ4n) is 3.75. The summed E-state index contributed by atoms with van der Waals surface area (Å²) in [6.45, 7) is 1.60. The summed E-state index contributed by atoms with van der Waals surface area (Å²) in [5.74, 6) is 0. The lowest BCUT2D eigenvalue weighted by atomic mass is 9.87. The molecule has 1 aromatic carbocycles. The molecular weight excluding hydrogens is 265 g/mol. The van der Waals surface area contributed by atoms with Crippen LogP contribution in [-0.4, -0.2) is 28.3 Å². The predicted octanol–water partition coefficient (Wildman–Crippen LogP) is 3.32. The van der Waals surface area contributed by atoms with Gasteiger partial charge in [-0.2, -0.15) is 0 Å². The third-order valence-electron chi connectivity index (χ3n) is 4.96. The van der Waals surface area contributed by atoms with Crippen LogP contribution in [0.25, 0.3) is 11.3 Å². The van der Waals surface area contributed by atoms with Crippen LogP contribution < -0.4 is 5.32 Å². The standard InChI is InChI=1S/C17H20FN3/c18-17(7-9-19-10-8-17)6-5-15-13-3-1-2-4-14(13)16-11-20-12-21(15)16/h1-4,11-12,15,19H,5-10H2/t15-/m1/s1. The zero-order chi connectivity index (χ0) is 14.3. The molecule has 1 atom stereocenters. The second-order valence-corrected chi connectivity index (χ2v) is 6.23.